The van der Waals surface area contributed by atoms with Crippen LogP contribution in [0.4, 0.5) is 0 Å². The summed E-state index contributed by atoms with van der Waals surface area (Å²) in [6, 6.07) is 0. The van der Waals surface area contributed by atoms with Gasteiger partial charge in [-0.05, 0) is 19.5 Å². The first-order valence-corrected chi connectivity index (χ1v) is 4.66. The summed E-state index contributed by atoms with van der Waals surface area (Å²) in [6.45, 7) is 6.71. The summed E-state index contributed by atoms with van der Waals surface area (Å²) in [5.41, 5.74) is 20.8. The van der Waals surface area contributed by atoms with E-state index >= 15 is 0 Å². The van der Waals surface area contributed by atoms with Gasteiger partial charge in [0.2, 0.25) is 0 Å². The zero-order valence-electron chi connectivity index (χ0n) is 10.8. The van der Waals surface area contributed by atoms with Crippen LogP contribution in [0.15, 0.2) is 27.6 Å². The molecule has 106 valence electrons. The summed E-state index contributed by atoms with van der Waals surface area (Å²) in [4.78, 5) is 0. The molecule has 0 aromatic carbocycles. The topological polar surface area (TPSA) is 219 Å². The molecule has 18 heavy (non-hydrogen) atoms. The van der Waals surface area contributed by atoms with Gasteiger partial charge in [-0.15, -0.1) is 0 Å². The molecular weight excluding hydrogens is 236 g/mol. The average Bonchev–Trinajstić information content (AvgIpc) is 2.28. The highest BCUT2D eigenvalue weighted by Gasteiger charge is 1.94. The van der Waals surface area contributed by atoms with Crippen molar-refractivity contribution in [3.63, 3.8) is 0 Å². The van der Waals surface area contributed by atoms with Crippen LogP contribution in [0, 0.1) is 0 Å². The third-order valence-corrected chi connectivity index (χ3v) is 0.898. The van der Waals surface area contributed by atoms with Gasteiger partial charge in [-0.3, -0.25) is 0 Å². The second-order valence-electron chi connectivity index (χ2n) is 3.03. The third-order valence-electron chi connectivity index (χ3n) is 0.898. The maximum Gasteiger partial charge on any atom is 0.126 e. The average molecular weight is 260 g/mol. The molecule has 0 aromatic rings. The van der Waals surface area contributed by atoms with Crippen molar-refractivity contribution in [3.8, 4) is 0 Å². The van der Waals surface area contributed by atoms with E-state index in [9.17, 15) is 0 Å². The van der Waals surface area contributed by atoms with E-state index in [1.807, 2.05) is 0 Å². The quantitative estimate of drug-likeness (QED) is 0.123. The number of amidine groups is 3. The van der Waals surface area contributed by atoms with Gasteiger partial charge >= 0.3 is 0 Å². The molecular formula is C8H24N10. The van der Waals surface area contributed by atoms with Gasteiger partial charge in [-0.25, -0.2) is 0 Å². The van der Waals surface area contributed by atoms with Gasteiger partial charge < -0.3 is 40.5 Å². The molecule has 10 nitrogen and oxygen atoms in total. The van der Waals surface area contributed by atoms with E-state index in [4.69, 9.17) is 34.6 Å². The van der Waals surface area contributed by atoms with Gasteiger partial charge in [0.25, 0.3) is 0 Å². The number of hydrazone groups is 3. The van der Waals surface area contributed by atoms with E-state index in [0.29, 0.717) is 11.5 Å². The molecule has 10 heteroatoms. The Morgan fingerprint density at radius 3 is 1.17 bits per heavy atom. The zero-order chi connectivity index (χ0) is 15.1. The van der Waals surface area contributed by atoms with Crippen molar-refractivity contribution in [2.75, 3.05) is 0 Å². The number of rotatable bonds is 2. The second kappa shape index (κ2) is 14.3. The van der Waals surface area contributed by atoms with E-state index < -0.39 is 0 Å². The van der Waals surface area contributed by atoms with Crippen molar-refractivity contribution >= 4 is 17.5 Å². The van der Waals surface area contributed by atoms with Crippen LogP contribution in [0.5, 0.6) is 0 Å². The van der Waals surface area contributed by atoms with Crippen LogP contribution in [0.2, 0.25) is 0 Å². The van der Waals surface area contributed by atoms with Crippen LogP contribution in [0.25, 0.3) is 0 Å². The molecule has 0 rings (SSSR count). The van der Waals surface area contributed by atoms with Crippen LogP contribution in [0.3, 0.4) is 0 Å². The molecule has 0 amide bonds. The third kappa shape index (κ3) is 37.7. The summed E-state index contributed by atoms with van der Waals surface area (Å²) in [7, 11) is 0. The minimum Gasteiger partial charge on any atom is -0.403 e. The molecule has 0 saturated carbocycles. The first-order valence-electron chi connectivity index (χ1n) is 4.66. The van der Waals surface area contributed by atoms with Crippen LogP contribution in [-0.4, -0.2) is 17.5 Å². The molecule has 0 aliphatic rings. The lowest BCUT2D eigenvalue weighted by Crippen LogP contribution is -2.24. The minimum atomic E-state index is 0.210. The Morgan fingerprint density at radius 1 is 0.833 bits per heavy atom. The van der Waals surface area contributed by atoms with Gasteiger partial charge in [0.15, 0.2) is 0 Å². The van der Waals surface area contributed by atoms with E-state index in [-0.39, 0.29) is 18.1 Å². The van der Waals surface area contributed by atoms with Crippen molar-refractivity contribution in [3.05, 3.63) is 12.3 Å². The first-order chi connectivity index (χ1) is 8.20. The van der Waals surface area contributed by atoms with Gasteiger partial charge in [-0.1, -0.05) is 6.58 Å². The highest BCUT2D eigenvalue weighted by Crippen LogP contribution is 1.75. The fourth-order valence-electron chi connectivity index (χ4n) is 0.277. The van der Waals surface area contributed by atoms with E-state index in [1.165, 1.54) is 0 Å². The maximum atomic E-state index is 5.16. The van der Waals surface area contributed by atoms with E-state index in [2.05, 4.69) is 27.7 Å². The number of hydrogen-bond donors (Lipinski definition) is 7. The zero-order valence-corrected chi connectivity index (χ0v) is 10.8. The van der Waals surface area contributed by atoms with Crippen LogP contribution < -0.4 is 40.5 Å². The van der Waals surface area contributed by atoms with E-state index in [0.717, 1.165) is 0 Å². The molecule has 0 spiro atoms. The minimum absolute atomic E-state index is 0.210. The van der Waals surface area contributed by atoms with Crippen molar-refractivity contribution < 1.29 is 0 Å². The molecule has 0 heterocycles. The van der Waals surface area contributed by atoms with Gasteiger partial charge in [-0.2, -0.15) is 15.3 Å². The molecule has 0 radical (unpaired) electrons. The lowest BCUT2D eigenvalue weighted by Gasteiger charge is -1.94. The Labute approximate surface area is 107 Å². The summed E-state index contributed by atoms with van der Waals surface area (Å²) < 4.78 is 0. The molecule has 0 unspecified atom stereocenters. The highest BCUT2D eigenvalue weighted by molar-refractivity contribution is 6.00. The Balaban J connectivity index is -0.000000212. The monoisotopic (exact) mass is 260 g/mol. The first kappa shape index (κ1) is 20.7. The van der Waals surface area contributed by atoms with Crippen LogP contribution >= 0.6 is 0 Å². The Kier molecular flexibility index (Phi) is 16.5. The van der Waals surface area contributed by atoms with Gasteiger partial charge in [0.05, 0.1) is 6.42 Å². The summed E-state index contributed by atoms with van der Waals surface area (Å²) >= 11 is 0. The number of allylic oxidation sites excluding steroid dienone is 1. The van der Waals surface area contributed by atoms with E-state index in [1.54, 1.807) is 13.8 Å². The summed E-state index contributed by atoms with van der Waals surface area (Å²) in [5, 5.41) is 9.39. The predicted octanol–water partition coefficient (Wildman–Crippen LogP) is -2.45. The van der Waals surface area contributed by atoms with Crippen LogP contribution in [-0.2, 0) is 0 Å². The molecule has 0 aromatic heterocycles. The smallest absolute Gasteiger partial charge is 0.126 e. The molecule has 0 aliphatic heterocycles. The second-order valence-corrected chi connectivity index (χ2v) is 3.03. The fraction of sp³-hybridized carbons (Fsp3) is 0.375. The number of nitrogens with zero attached hydrogens (tertiary/aromatic N) is 3. The van der Waals surface area contributed by atoms with Gasteiger partial charge in [0.1, 0.15) is 17.5 Å². The van der Waals surface area contributed by atoms with Crippen molar-refractivity contribution in [2.24, 2.45) is 55.8 Å². The molecule has 0 saturated heterocycles. The summed E-state index contributed by atoms with van der Waals surface area (Å²) in [5.74, 6) is 15.0. The number of hydrogen-bond acceptors (Lipinski definition) is 7. The molecule has 0 aliphatic carbocycles. The fourth-order valence-corrected chi connectivity index (χ4v) is 0.277. The largest absolute Gasteiger partial charge is 0.403 e. The normalized spacial score (nSPS) is 11.6. The maximum absolute atomic E-state index is 5.16. The van der Waals surface area contributed by atoms with Gasteiger partial charge in [0, 0.05) is 0 Å². The van der Waals surface area contributed by atoms with Crippen molar-refractivity contribution in [1.82, 2.24) is 0 Å². The lowest BCUT2D eigenvalue weighted by molar-refractivity contribution is 1.17. The SMILES string of the molecule is C=C(C)N.CC(N)=NN.NN=C(N)CC(N)=NN. The molecule has 14 N–H and O–H groups in total. The summed E-state index contributed by atoms with van der Waals surface area (Å²) in [6.07, 6.45) is 0.215. The van der Waals surface area contributed by atoms with Crippen molar-refractivity contribution in [2.45, 2.75) is 20.3 Å². The standard InChI is InChI=1S/C3H10N6.C3H7N.C2H7N3/c4-2(8-6)1-3(5)9-7;1-3(2)4;1-2(3)5-4/h1,6-7H2,(H2,4,8)(H2,5,9);1,4H2,2H3;4H2,1H3,(H2,3,5). The Bertz CT molecular complexity index is 279. The highest BCUT2D eigenvalue weighted by atomic mass is 15.2. The number of nitrogens with two attached hydrogens (primary N) is 7. The lowest BCUT2D eigenvalue weighted by atomic mass is 10.4. The Morgan fingerprint density at radius 2 is 1.06 bits per heavy atom. The predicted molar refractivity (Wildman–Crippen MR) is 76.7 cm³/mol. The van der Waals surface area contributed by atoms with Crippen LogP contribution in [0.1, 0.15) is 20.3 Å². The molecule has 0 fully saturated rings. The molecule has 0 atom stereocenters. The molecule has 0 bridgehead atoms. The van der Waals surface area contributed by atoms with Crippen molar-refractivity contribution in [1.29, 1.82) is 0 Å². The Hall–Kier alpha value is -2.65.